The highest BCUT2D eigenvalue weighted by Crippen LogP contribution is 2.16. The molecular weight excluding hydrogens is 384 g/mol. The highest BCUT2D eigenvalue weighted by atomic mass is 16.1. The molecule has 1 aliphatic heterocycles. The van der Waals surface area contributed by atoms with Crippen LogP contribution in [0.5, 0.6) is 0 Å². The Kier molecular flexibility index (Phi) is 6.82. The molecule has 0 saturated carbocycles. The van der Waals surface area contributed by atoms with Gasteiger partial charge in [-0.3, -0.25) is 14.4 Å². The Bertz CT molecular complexity index is 1000. The monoisotopic (exact) mass is 416 g/mol. The van der Waals surface area contributed by atoms with E-state index in [1.807, 2.05) is 36.7 Å². The van der Waals surface area contributed by atoms with Gasteiger partial charge in [0.2, 0.25) is 0 Å². The number of likely N-dealkylation sites (tertiary alicyclic amines) is 1. The first-order valence-electron chi connectivity index (χ1n) is 11.3. The molecule has 1 N–H and O–H groups in total. The largest absolute Gasteiger partial charge is 0.348 e. The number of piperidine rings is 1. The minimum atomic E-state index is -0.0632. The highest BCUT2D eigenvalue weighted by Gasteiger charge is 2.18. The van der Waals surface area contributed by atoms with E-state index in [9.17, 15) is 4.79 Å². The van der Waals surface area contributed by atoms with Crippen molar-refractivity contribution in [3.8, 4) is 0 Å². The zero-order valence-corrected chi connectivity index (χ0v) is 18.6. The summed E-state index contributed by atoms with van der Waals surface area (Å²) < 4.78 is 1.91. The minimum absolute atomic E-state index is 0.0632. The summed E-state index contributed by atoms with van der Waals surface area (Å²) in [6.07, 6.45) is 3.98. The lowest BCUT2D eigenvalue weighted by Crippen LogP contribution is -2.29. The van der Waals surface area contributed by atoms with Crippen LogP contribution in [0, 0.1) is 13.8 Å². The number of rotatable bonds is 7. The Balaban J connectivity index is 1.35. The van der Waals surface area contributed by atoms with Gasteiger partial charge in [-0.2, -0.15) is 5.10 Å². The maximum atomic E-state index is 12.9. The van der Waals surface area contributed by atoms with E-state index in [0.29, 0.717) is 18.7 Å². The predicted octanol–water partition coefficient (Wildman–Crippen LogP) is 4.46. The van der Waals surface area contributed by atoms with Gasteiger partial charge in [0.05, 0.1) is 17.8 Å². The molecule has 5 heteroatoms. The van der Waals surface area contributed by atoms with Gasteiger partial charge >= 0.3 is 0 Å². The summed E-state index contributed by atoms with van der Waals surface area (Å²) >= 11 is 0. The van der Waals surface area contributed by atoms with Crippen molar-refractivity contribution >= 4 is 5.91 Å². The van der Waals surface area contributed by atoms with E-state index in [-0.39, 0.29) is 5.91 Å². The van der Waals surface area contributed by atoms with Crippen molar-refractivity contribution in [1.82, 2.24) is 20.0 Å². The van der Waals surface area contributed by atoms with Crippen molar-refractivity contribution in [2.75, 3.05) is 13.1 Å². The normalized spacial score (nSPS) is 14.5. The lowest BCUT2D eigenvalue weighted by molar-refractivity contribution is 0.0949. The van der Waals surface area contributed by atoms with Crippen molar-refractivity contribution < 1.29 is 4.79 Å². The molecule has 0 atom stereocenters. The van der Waals surface area contributed by atoms with Crippen LogP contribution in [0.25, 0.3) is 0 Å². The average molecular weight is 417 g/mol. The van der Waals surface area contributed by atoms with Gasteiger partial charge in [-0.25, -0.2) is 0 Å². The summed E-state index contributed by atoms with van der Waals surface area (Å²) in [7, 11) is 0. The third-order valence-electron chi connectivity index (χ3n) is 6.11. The number of aryl methyl sites for hydroxylation is 1. The first-order chi connectivity index (χ1) is 15.1. The third-order valence-corrected chi connectivity index (χ3v) is 6.11. The minimum Gasteiger partial charge on any atom is -0.348 e. The number of aromatic nitrogens is 2. The molecule has 1 aliphatic rings. The van der Waals surface area contributed by atoms with Gasteiger partial charge in [0.15, 0.2) is 0 Å². The number of nitrogens with zero attached hydrogens (tertiary/aromatic N) is 3. The number of carbonyl (C=O) groups excluding carboxylic acids is 1. The van der Waals surface area contributed by atoms with Crippen LogP contribution in [0.1, 0.15) is 57.7 Å². The molecule has 1 aromatic heterocycles. The summed E-state index contributed by atoms with van der Waals surface area (Å²) in [5.41, 5.74) is 5.97. The summed E-state index contributed by atoms with van der Waals surface area (Å²) in [4.78, 5) is 15.4. The van der Waals surface area contributed by atoms with E-state index in [2.05, 4.69) is 51.7 Å². The van der Waals surface area contributed by atoms with Gasteiger partial charge < -0.3 is 5.32 Å². The molecule has 2 heterocycles. The lowest BCUT2D eigenvalue weighted by Gasteiger charge is -2.26. The van der Waals surface area contributed by atoms with Crippen LogP contribution in [0.15, 0.2) is 54.6 Å². The van der Waals surface area contributed by atoms with Gasteiger partial charge in [-0.15, -0.1) is 0 Å². The number of carbonyl (C=O) groups is 1. The fraction of sp³-hybridized carbons (Fsp3) is 0.385. The molecule has 0 unspecified atom stereocenters. The molecule has 2 aromatic carbocycles. The first-order valence-corrected chi connectivity index (χ1v) is 11.3. The molecule has 4 rings (SSSR count). The smallest absolute Gasteiger partial charge is 0.255 e. The molecule has 0 radical (unpaired) electrons. The van der Waals surface area contributed by atoms with Crippen LogP contribution >= 0.6 is 0 Å². The van der Waals surface area contributed by atoms with Crippen molar-refractivity contribution in [3.63, 3.8) is 0 Å². The molecule has 0 spiro atoms. The van der Waals surface area contributed by atoms with Crippen molar-refractivity contribution in [3.05, 3.63) is 88.2 Å². The van der Waals surface area contributed by atoms with Gasteiger partial charge in [0.25, 0.3) is 5.91 Å². The standard InChI is InChI=1S/C26H32N4O/c1-20-25(21(2)30(28-20)19-23-9-5-3-6-10-23)26(31)27-17-22-11-13-24(14-12-22)18-29-15-7-4-8-16-29/h3,5-6,9-14H,4,7-8,15-19H2,1-2H3,(H,27,31). The quantitative estimate of drug-likeness (QED) is 0.618. The number of hydrogen-bond acceptors (Lipinski definition) is 3. The Morgan fingerprint density at radius 1 is 0.871 bits per heavy atom. The number of amides is 1. The molecule has 1 fully saturated rings. The van der Waals surface area contributed by atoms with Gasteiger partial charge in [-0.1, -0.05) is 61.0 Å². The van der Waals surface area contributed by atoms with Crippen LogP contribution in [-0.4, -0.2) is 33.7 Å². The fourth-order valence-electron chi connectivity index (χ4n) is 4.34. The topological polar surface area (TPSA) is 50.2 Å². The van der Waals surface area contributed by atoms with Crippen LogP contribution in [-0.2, 0) is 19.6 Å². The Labute approximate surface area is 185 Å². The third kappa shape index (κ3) is 5.42. The van der Waals surface area contributed by atoms with Crippen LogP contribution in [0.4, 0.5) is 0 Å². The van der Waals surface area contributed by atoms with E-state index in [1.54, 1.807) is 0 Å². The molecule has 3 aromatic rings. The lowest BCUT2D eigenvalue weighted by atomic mass is 10.1. The van der Waals surface area contributed by atoms with E-state index < -0.39 is 0 Å². The number of hydrogen-bond donors (Lipinski definition) is 1. The van der Waals surface area contributed by atoms with Gasteiger partial charge in [0, 0.05) is 18.8 Å². The summed E-state index contributed by atoms with van der Waals surface area (Å²) in [6.45, 7) is 8.48. The van der Waals surface area contributed by atoms with E-state index >= 15 is 0 Å². The molecule has 31 heavy (non-hydrogen) atoms. The molecule has 1 amide bonds. The summed E-state index contributed by atoms with van der Waals surface area (Å²) in [5.74, 6) is -0.0632. The molecule has 1 saturated heterocycles. The Hall–Kier alpha value is -2.92. The molecule has 162 valence electrons. The number of nitrogens with one attached hydrogen (secondary N) is 1. The average Bonchev–Trinajstić information content (AvgIpc) is 3.07. The van der Waals surface area contributed by atoms with Crippen molar-refractivity contribution in [1.29, 1.82) is 0 Å². The van der Waals surface area contributed by atoms with Gasteiger partial charge in [-0.05, 0) is 56.5 Å². The van der Waals surface area contributed by atoms with E-state index in [0.717, 1.165) is 23.5 Å². The fourth-order valence-corrected chi connectivity index (χ4v) is 4.34. The SMILES string of the molecule is Cc1nn(Cc2ccccc2)c(C)c1C(=O)NCc1ccc(CN2CCCCC2)cc1. The zero-order chi connectivity index (χ0) is 21.6. The van der Waals surface area contributed by atoms with Crippen molar-refractivity contribution in [2.45, 2.75) is 52.7 Å². The van der Waals surface area contributed by atoms with Crippen LogP contribution in [0.3, 0.4) is 0 Å². The van der Waals surface area contributed by atoms with Crippen LogP contribution in [0.2, 0.25) is 0 Å². The van der Waals surface area contributed by atoms with E-state index in [1.165, 1.54) is 43.5 Å². The second kappa shape index (κ2) is 9.92. The molecule has 0 aliphatic carbocycles. The maximum absolute atomic E-state index is 12.9. The molecular formula is C26H32N4O. The first kappa shape index (κ1) is 21.3. The second-order valence-corrected chi connectivity index (χ2v) is 8.53. The predicted molar refractivity (Wildman–Crippen MR) is 124 cm³/mol. The zero-order valence-electron chi connectivity index (χ0n) is 18.6. The van der Waals surface area contributed by atoms with Crippen LogP contribution < -0.4 is 5.32 Å². The molecule has 0 bridgehead atoms. The van der Waals surface area contributed by atoms with Crippen molar-refractivity contribution in [2.24, 2.45) is 0 Å². The molecule has 5 nitrogen and oxygen atoms in total. The summed E-state index contributed by atoms with van der Waals surface area (Å²) in [6, 6.07) is 18.8. The second-order valence-electron chi connectivity index (χ2n) is 8.53. The highest BCUT2D eigenvalue weighted by molar-refractivity contribution is 5.96. The van der Waals surface area contributed by atoms with Gasteiger partial charge in [0.1, 0.15) is 0 Å². The summed E-state index contributed by atoms with van der Waals surface area (Å²) in [5, 5.41) is 7.67. The van der Waals surface area contributed by atoms with E-state index in [4.69, 9.17) is 0 Å². The Morgan fingerprint density at radius 2 is 1.52 bits per heavy atom. The number of benzene rings is 2. The maximum Gasteiger partial charge on any atom is 0.255 e. The Morgan fingerprint density at radius 3 is 2.23 bits per heavy atom.